The van der Waals surface area contributed by atoms with Crippen LogP contribution in [-0.4, -0.2) is 21.4 Å². The Labute approximate surface area is 89.4 Å². The number of aryl methyl sites for hydroxylation is 1. The number of nitrogens with one attached hydrogen (secondary N) is 1. The van der Waals surface area contributed by atoms with Crippen molar-refractivity contribution in [3.8, 4) is 0 Å². The Bertz CT molecular complexity index is 447. The molecular weight excluding hydrogens is 188 g/mol. The molecule has 0 aliphatic carbocycles. The van der Waals surface area contributed by atoms with Gasteiger partial charge in [0.25, 0.3) is 0 Å². The molecule has 0 saturated heterocycles. The summed E-state index contributed by atoms with van der Waals surface area (Å²) in [5.41, 5.74) is 2.12. The molecular formula is C11H16N4. The highest BCUT2D eigenvalue weighted by atomic mass is 15.1. The third kappa shape index (κ3) is 2.09. The second-order valence-electron chi connectivity index (χ2n) is 3.64. The van der Waals surface area contributed by atoms with E-state index in [0.29, 0.717) is 0 Å². The third-order valence-electron chi connectivity index (χ3n) is 2.44. The maximum atomic E-state index is 4.45. The number of nitrogens with zero attached hydrogens (tertiary/aromatic N) is 3. The van der Waals surface area contributed by atoms with Crippen molar-refractivity contribution in [2.75, 3.05) is 12.4 Å². The van der Waals surface area contributed by atoms with E-state index in [-0.39, 0.29) is 0 Å². The quantitative estimate of drug-likeness (QED) is 0.829. The fourth-order valence-electron chi connectivity index (χ4n) is 1.54. The van der Waals surface area contributed by atoms with Gasteiger partial charge in [0.15, 0.2) is 0 Å². The van der Waals surface area contributed by atoms with Gasteiger partial charge in [-0.25, -0.2) is 9.97 Å². The highest BCUT2D eigenvalue weighted by molar-refractivity contribution is 5.43. The van der Waals surface area contributed by atoms with Gasteiger partial charge in [0.2, 0.25) is 5.78 Å². The molecule has 4 nitrogen and oxygen atoms in total. The van der Waals surface area contributed by atoms with Gasteiger partial charge in [-0.05, 0) is 12.8 Å². The molecule has 4 heteroatoms. The summed E-state index contributed by atoms with van der Waals surface area (Å²) in [6.07, 6.45) is 9.27. The monoisotopic (exact) mass is 204 g/mol. The summed E-state index contributed by atoms with van der Waals surface area (Å²) in [4.78, 5) is 8.72. The summed E-state index contributed by atoms with van der Waals surface area (Å²) < 4.78 is 1.97. The number of imidazole rings is 1. The summed E-state index contributed by atoms with van der Waals surface area (Å²) in [5, 5.41) is 3.06. The Balaban J connectivity index is 2.29. The predicted octanol–water partition coefficient (Wildman–Crippen LogP) is 2.11. The lowest BCUT2D eigenvalue weighted by molar-refractivity contribution is 0.781. The molecule has 0 unspecified atom stereocenters. The standard InChI is InChI=1S/C11H16N4/c1-3-4-5-9-7-15-8-10(12-2)6-13-11(15)14-9/h6-8,12H,3-5H2,1-2H3. The Morgan fingerprint density at radius 1 is 1.40 bits per heavy atom. The first kappa shape index (κ1) is 9.96. The van der Waals surface area contributed by atoms with E-state index in [2.05, 4.69) is 28.4 Å². The van der Waals surface area contributed by atoms with E-state index in [4.69, 9.17) is 0 Å². The maximum Gasteiger partial charge on any atom is 0.234 e. The maximum absolute atomic E-state index is 4.45. The Kier molecular flexibility index (Phi) is 2.85. The minimum Gasteiger partial charge on any atom is -0.386 e. The van der Waals surface area contributed by atoms with Crippen molar-refractivity contribution in [3.05, 3.63) is 24.3 Å². The van der Waals surface area contributed by atoms with Crippen LogP contribution in [0.3, 0.4) is 0 Å². The molecule has 2 rings (SSSR count). The molecule has 0 aliphatic rings. The smallest absolute Gasteiger partial charge is 0.234 e. The molecule has 2 aromatic rings. The number of anilines is 1. The van der Waals surface area contributed by atoms with E-state index < -0.39 is 0 Å². The van der Waals surface area contributed by atoms with Crippen molar-refractivity contribution < 1.29 is 0 Å². The van der Waals surface area contributed by atoms with E-state index >= 15 is 0 Å². The van der Waals surface area contributed by atoms with Gasteiger partial charge in [0.05, 0.1) is 17.6 Å². The second kappa shape index (κ2) is 4.29. The lowest BCUT2D eigenvalue weighted by Crippen LogP contribution is -1.93. The lowest BCUT2D eigenvalue weighted by Gasteiger charge is -1.98. The van der Waals surface area contributed by atoms with Crippen LogP contribution >= 0.6 is 0 Å². The molecule has 0 fully saturated rings. The van der Waals surface area contributed by atoms with Gasteiger partial charge in [0.1, 0.15) is 0 Å². The molecule has 0 atom stereocenters. The largest absolute Gasteiger partial charge is 0.386 e. The van der Waals surface area contributed by atoms with Gasteiger partial charge in [-0.2, -0.15) is 0 Å². The van der Waals surface area contributed by atoms with Gasteiger partial charge < -0.3 is 5.32 Å². The number of hydrogen-bond donors (Lipinski definition) is 1. The molecule has 80 valence electrons. The Morgan fingerprint density at radius 2 is 2.27 bits per heavy atom. The van der Waals surface area contributed by atoms with Crippen LogP contribution in [0.5, 0.6) is 0 Å². The fraction of sp³-hybridized carbons (Fsp3) is 0.455. The lowest BCUT2D eigenvalue weighted by atomic mass is 10.2. The van der Waals surface area contributed by atoms with Crippen LogP contribution in [0, 0.1) is 0 Å². The third-order valence-corrected chi connectivity index (χ3v) is 2.44. The van der Waals surface area contributed by atoms with Crippen molar-refractivity contribution in [1.29, 1.82) is 0 Å². The van der Waals surface area contributed by atoms with E-state index in [1.807, 2.05) is 17.6 Å². The van der Waals surface area contributed by atoms with Crippen molar-refractivity contribution in [3.63, 3.8) is 0 Å². The van der Waals surface area contributed by atoms with Crippen LogP contribution in [0.1, 0.15) is 25.5 Å². The highest BCUT2D eigenvalue weighted by Gasteiger charge is 2.02. The summed E-state index contributed by atoms with van der Waals surface area (Å²) >= 11 is 0. The number of aromatic nitrogens is 3. The molecule has 0 aliphatic heterocycles. The highest BCUT2D eigenvalue weighted by Crippen LogP contribution is 2.09. The summed E-state index contributed by atoms with van der Waals surface area (Å²) in [5.74, 6) is 0.778. The van der Waals surface area contributed by atoms with E-state index in [9.17, 15) is 0 Å². The van der Waals surface area contributed by atoms with E-state index in [0.717, 1.165) is 23.6 Å². The summed E-state index contributed by atoms with van der Waals surface area (Å²) in [6.45, 7) is 2.19. The molecule has 0 radical (unpaired) electrons. The minimum absolute atomic E-state index is 0.778. The molecule has 0 amide bonds. The number of unbranched alkanes of at least 4 members (excludes halogenated alkanes) is 1. The zero-order chi connectivity index (χ0) is 10.7. The van der Waals surface area contributed by atoms with Gasteiger partial charge in [0, 0.05) is 19.4 Å². The average Bonchev–Trinajstić information content (AvgIpc) is 2.67. The molecule has 0 saturated carbocycles. The van der Waals surface area contributed by atoms with Gasteiger partial charge in [-0.1, -0.05) is 13.3 Å². The predicted molar refractivity (Wildman–Crippen MR) is 61.1 cm³/mol. The first-order valence-electron chi connectivity index (χ1n) is 5.35. The molecule has 2 heterocycles. The van der Waals surface area contributed by atoms with Crippen LogP contribution in [0.4, 0.5) is 5.69 Å². The molecule has 0 bridgehead atoms. The van der Waals surface area contributed by atoms with Crippen molar-refractivity contribution in [2.24, 2.45) is 0 Å². The zero-order valence-electron chi connectivity index (χ0n) is 9.20. The number of hydrogen-bond acceptors (Lipinski definition) is 3. The van der Waals surface area contributed by atoms with Crippen LogP contribution in [0.25, 0.3) is 5.78 Å². The zero-order valence-corrected chi connectivity index (χ0v) is 9.20. The normalized spacial score (nSPS) is 10.8. The fourth-order valence-corrected chi connectivity index (χ4v) is 1.54. The Morgan fingerprint density at radius 3 is 3.00 bits per heavy atom. The van der Waals surface area contributed by atoms with Crippen molar-refractivity contribution in [1.82, 2.24) is 14.4 Å². The number of rotatable bonds is 4. The topological polar surface area (TPSA) is 42.2 Å². The van der Waals surface area contributed by atoms with Crippen LogP contribution in [0.2, 0.25) is 0 Å². The van der Waals surface area contributed by atoms with Gasteiger partial charge in [-0.15, -0.1) is 0 Å². The summed E-state index contributed by atoms with van der Waals surface area (Å²) in [7, 11) is 1.89. The van der Waals surface area contributed by atoms with E-state index in [1.54, 1.807) is 6.20 Å². The molecule has 0 spiro atoms. The van der Waals surface area contributed by atoms with Crippen LogP contribution in [-0.2, 0) is 6.42 Å². The number of fused-ring (bicyclic) bond motifs is 1. The van der Waals surface area contributed by atoms with Crippen LogP contribution < -0.4 is 5.32 Å². The molecule has 15 heavy (non-hydrogen) atoms. The van der Waals surface area contributed by atoms with Crippen LogP contribution in [0.15, 0.2) is 18.6 Å². The minimum atomic E-state index is 0.778. The molecule has 0 aromatic carbocycles. The second-order valence-corrected chi connectivity index (χ2v) is 3.64. The molecule has 2 aromatic heterocycles. The first-order valence-corrected chi connectivity index (χ1v) is 5.35. The summed E-state index contributed by atoms with van der Waals surface area (Å²) in [6, 6.07) is 0. The average molecular weight is 204 g/mol. The van der Waals surface area contributed by atoms with E-state index in [1.165, 1.54) is 12.8 Å². The first-order chi connectivity index (χ1) is 7.33. The van der Waals surface area contributed by atoms with Gasteiger partial charge in [-0.3, -0.25) is 4.40 Å². The van der Waals surface area contributed by atoms with Gasteiger partial charge >= 0.3 is 0 Å². The van der Waals surface area contributed by atoms with Crippen molar-refractivity contribution >= 4 is 11.5 Å². The SMILES string of the molecule is CCCCc1cn2cc(NC)cnc2n1. The molecule has 1 N–H and O–H groups in total. The van der Waals surface area contributed by atoms with Crippen molar-refractivity contribution in [2.45, 2.75) is 26.2 Å². The Hall–Kier alpha value is -1.58.